The number of nitrogens with zero attached hydrogens (tertiary/aromatic N) is 3. The molecule has 1 fully saturated rings. The number of Topliss-reactive ketones (excluding diaryl/α,β-unsaturated/α-hetero) is 1. The zero-order valence-corrected chi connectivity index (χ0v) is 13.3. The predicted octanol–water partition coefficient (Wildman–Crippen LogP) is -0.00872. The monoisotopic (exact) mass is 355 g/mol. The fourth-order valence-electron chi connectivity index (χ4n) is 2.21. The number of thiazole rings is 1. The van der Waals surface area contributed by atoms with Crippen molar-refractivity contribution in [2.24, 2.45) is 5.10 Å². The van der Waals surface area contributed by atoms with Crippen LogP contribution in [0.2, 0.25) is 0 Å². The van der Waals surface area contributed by atoms with Crippen molar-refractivity contribution in [3.63, 3.8) is 0 Å². The Labute approximate surface area is 144 Å². The van der Waals surface area contributed by atoms with Crippen LogP contribution in [-0.4, -0.2) is 34.2 Å². The van der Waals surface area contributed by atoms with Gasteiger partial charge < -0.3 is 0 Å². The number of piperidine rings is 1. The minimum atomic E-state index is -1.30. The Hall–Kier alpha value is -3.45. The lowest BCUT2D eigenvalue weighted by Crippen LogP contribution is -2.52. The summed E-state index contributed by atoms with van der Waals surface area (Å²) in [6.07, 6.45) is -0.461. The summed E-state index contributed by atoms with van der Waals surface area (Å²) in [7, 11) is 0. The maximum atomic E-state index is 12.3. The molecule has 2 aromatic rings. The fourth-order valence-corrected chi connectivity index (χ4v) is 3.28. The molecule has 1 aromatic heterocycles. The third-order valence-corrected chi connectivity index (χ3v) is 4.42. The van der Waals surface area contributed by atoms with Crippen molar-refractivity contribution in [3.8, 4) is 6.07 Å². The van der Waals surface area contributed by atoms with Crippen molar-refractivity contribution < 1.29 is 19.2 Å². The van der Waals surface area contributed by atoms with Gasteiger partial charge in [0.25, 0.3) is 17.7 Å². The average molecular weight is 355 g/mol. The Balaban J connectivity index is 2.03. The van der Waals surface area contributed by atoms with E-state index in [9.17, 15) is 19.2 Å². The molecule has 1 aromatic carbocycles. The second-order valence-electron chi connectivity index (χ2n) is 4.97. The molecule has 0 unspecified atom stereocenters. The molecule has 0 spiro atoms. The normalized spacial score (nSPS) is 18.9. The lowest BCUT2D eigenvalue weighted by molar-refractivity contribution is -0.141. The van der Waals surface area contributed by atoms with Crippen molar-refractivity contribution in [2.75, 3.05) is 0 Å². The largest absolute Gasteiger partial charge is 0.295 e. The maximum Gasteiger partial charge on any atom is 0.295 e. The molecule has 0 aliphatic carbocycles. The topological polar surface area (TPSA) is 141 Å². The van der Waals surface area contributed by atoms with E-state index in [1.54, 1.807) is 30.3 Å². The number of nitrogens with one attached hydrogen (secondary N) is 2. The first kappa shape index (κ1) is 16.4. The van der Waals surface area contributed by atoms with Gasteiger partial charge in [0.15, 0.2) is 0 Å². The summed E-state index contributed by atoms with van der Waals surface area (Å²) in [6, 6.07) is 8.71. The van der Waals surface area contributed by atoms with Crippen molar-refractivity contribution in [1.82, 2.24) is 15.7 Å². The van der Waals surface area contributed by atoms with Gasteiger partial charge in [-0.3, -0.25) is 24.5 Å². The van der Waals surface area contributed by atoms with Gasteiger partial charge in [-0.25, -0.2) is 10.4 Å². The van der Waals surface area contributed by atoms with E-state index in [1.165, 1.54) is 0 Å². The molecule has 9 nitrogen and oxygen atoms in total. The number of rotatable bonds is 3. The third kappa shape index (κ3) is 3.13. The first-order valence-corrected chi connectivity index (χ1v) is 7.81. The number of fused-ring (bicyclic) bond motifs is 1. The predicted molar refractivity (Wildman–Crippen MR) is 86.3 cm³/mol. The van der Waals surface area contributed by atoms with Crippen LogP contribution in [0.1, 0.15) is 17.3 Å². The number of hydrogen-bond acceptors (Lipinski definition) is 8. The highest BCUT2D eigenvalue weighted by Crippen LogP contribution is 2.30. The third-order valence-electron chi connectivity index (χ3n) is 3.32. The van der Waals surface area contributed by atoms with Crippen LogP contribution in [0.5, 0.6) is 0 Å². The van der Waals surface area contributed by atoms with Gasteiger partial charge in [0, 0.05) is 0 Å². The fraction of sp³-hybridized carbons (Fsp3) is 0.133. The minimum absolute atomic E-state index is 0.225. The number of carbonyl (C=O) groups is 4. The number of ketones is 1. The van der Waals surface area contributed by atoms with Crippen molar-refractivity contribution >= 4 is 50.8 Å². The average Bonchev–Trinajstić information content (AvgIpc) is 3.00. The number of hydrazone groups is 1. The second-order valence-corrected chi connectivity index (χ2v) is 6.03. The van der Waals surface area contributed by atoms with Gasteiger partial charge in [0.2, 0.25) is 5.78 Å². The van der Waals surface area contributed by atoms with Crippen LogP contribution in [0.4, 0.5) is 0 Å². The molecule has 0 saturated carbocycles. The van der Waals surface area contributed by atoms with Gasteiger partial charge >= 0.3 is 0 Å². The number of para-hydroxylation sites is 1. The smallest absolute Gasteiger partial charge is 0.287 e. The Bertz CT molecular complexity index is 954. The zero-order chi connectivity index (χ0) is 18.0. The van der Waals surface area contributed by atoms with E-state index in [0.29, 0.717) is 5.52 Å². The molecule has 0 radical (unpaired) electrons. The summed E-state index contributed by atoms with van der Waals surface area (Å²) in [6.45, 7) is 0. The number of benzene rings is 1. The summed E-state index contributed by atoms with van der Waals surface area (Å²) in [5.74, 6) is -4.90. The maximum absolute atomic E-state index is 12.3. The van der Waals surface area contributed by atoms with Gasteiger partial charge in [-0.05, 0) is 12.1 Å². The number of hydrogen-bond donors (Lipinski definition) is 2. The number of carbonyl (C=O) groups excluding carboxylic acids is 4. The molecule has 1 saturated heterocycles. The van der Waals surface area contributed by atoms with E-state index in [1.807, 2.05) is 10.7 Å². The van der Waals surface area contributed by atoms with E-state index < -0.39 is 35.8 Å². The first-order chi connectivity index (χ1) is 12.0. The van der Waals surface area contributed by atoms with Crippen LogP contribution in [0.15, 0.2) is 29.4 Å². The summed E-state index contributed by atoms with van der Waals surface area (Å²) >= 11 is 1.15. The Morgan fingerprint density at radius 3 is 2.80 bits per heavy atom. The number of nitriles is 1. The van der Waals surface area contributed by atoms with Gasteiger partial charge in [0.05, 0.1) is 16.3 Å². The van der Waals surface area contributed by atoms with Gasteiger partial charge in [-0.15, -0.1) is 11.3 Å². The molecule has 1 aliphatic heterocycles. The highest BCUT2D eigenvalue weighted by atomic mass is 32.1. The highest BCUT2D eigenvalue weighted by Gasteiger charge is 2.43. The van der Waals surface area contributed by atoms with Crippen molar-refractivity contribution in [1.29, 1.82) is 5.26 Å². The highest BCUT2D eigenvalue weighted by molar-refractivity contribution is 7.19. The number of aromatic nitrogens is 1. The number of imide groups is 1. The minimum Gasteiger partial charge on any atom is -0.287 e. The number of amides is 3. The lowest BCUT2D eigenvalue weighted by Gasteiger charge is -2.19. The SMILES string of the molecule is N#CCC(=O)N/N=C1\C(=O)NC(=O)C(=O)[C@@H]1c1nc2ccccc2s1. The summed E-state index contributed by atoms with van der Waals surface area (Å²) in [5.41, 5.74) is 2.29. The molecule has 10 heteroatoms. The zero-order valence-electron chi connectivity index (χ0n) is 12.5. The molecule has 3 amide bonds. The van der Waals surface area contributed by atoms with Crippen LogP contribution >= 0.6 is 11.3 Å². The van der Waals surface area contributed by atoms with E-state index in [4.69, 9.17) is 5.26 Å². The summed E-state index contributed by atoms with van der Waals surface area (Å²) in [4.78, 5) is 51.7. The quantitative estimate of drug-likeness (QED) is 0.451. The molecule has 1 aliphatic rings. The van der Waals surface area contributed by atoms with E-state index in [-0.39, 0.29) is 10.7 Å². The Morgan fingerprint density at radius 1 is 1.32 bits per heavy atom. The van der Waals surface area contributed by atoms with E-state index in [0.717, 1.165) is 16.0 Å². The van der Waals surface area contributed by atoms with Gasteiger partial charge in [-0.2, -0.15) is 10.4 Å². The molecular weight excluding hydrogens is 346 g/mol. The van der Waals surface area contributed by atoms with Crippen LogP contribution in [-0.2, 0) is 19.2 Å². The van der Waals surface area contributed by atoms with Crippen LogP contribution in [0, 0.1) is 11.3 Å². The van der Waals surface area contributed by atoms with Crippen LogP contribution in [0.25, 0.3) is 10.2 Å². The summed E-state index contributed by atoms with van der Waals surface area (Å²) in [5, 5.41) is 14.2. The second kappa shape index (κ2) is 6.58. The van der Waals surface area contributed by atoms with Gasteiger partial charge in [0.1, 0.15) is 23.1 Å². The lowest BCUT2D eigenvalue weighted by atomic mass is 9.94. The van der Waals surface area contributed by atoms with E-state index in [2.05, 4.69) is 10.1 Å². The Kier molecular flexibility index (Phi) is 4.32. The van der Waals surface area contributed by atoms with Crippen LogP contribution in [0.3, 0.4) is 0 Å². The van der Waals surface area contributed by atoms with Crippen molar-refractivity contribution in [3.05, 3.63) is 29.3 Å². The van der Waals surface area contributed by atoms with Gasteiger partial charge in [-0.1, -0.05) is 12.1 Å². The molecule has 25 heavy (non-hydrogen) atoms. The van der Waals surface area contributed by atoms with Crippen LogP contribution < -0.4 is 10.7 Å². The Morgan fingerprint density at radius 2 is 2.08 bits per heavy atom. The molecule has 2 N–H and O–H groups in total. The standard InChI is InChI=1S/C15H9N5O4S/c16-6-5-9(21)19-20-11-10(12(22)14(24)18-13(11)23)15-17-7-3-1-2-4-8(7)25-15/h1-4,10H,5H2,(H,19,21)(H,18,23,24)/b20-11-/t10-/m1/s1. The summed E-state index contributed by atoms with van der Waals surface area (Å²) < 4.78 is 0.775. The first-order valence-electron chi connectivity index (χ1n) is 6.99. The van der Waals surface area contributed by atoms with E-state index >= 15 is 0 Å². The molecule has 3 rings (SSSR count). The molecule has 2 heterocycles. The molecule has 1 atom stereocenters. The van der Waals surface area contributed by atoms with Crippen molar-refractivity contribution in [2.45, 2.75) is 12.3 Å². The molecule has 0 bridgehead atoms. The molecular formula is C15H9N5O4S. The molecule has 124 valence electrons.